The Bertz CT molecular complexity index is 513. The summed E-state index contributed by atoms with van der Waals surface area (Å²) in [6, 6.07) is 4.66. The van der Waals surface area contributed by atoms with E-state index < -0.39 is 5.82 Å². The maximum absolute atomic E-state index is 13.0. The van der Waals surface area contributed by atoms with Gasteiger partial charge in [0.1, 0.15) is 10.8 Å². The van der Waals surface area contributed by atoms with Gasteiger partial charge in [0.15, 0.2) is 0 Å². The van der Waals surface area contributed by atoms with Crippen molar-refractivity contribution in [3.05, 3.63) is 40.1 Å². The van der Waals surface area contributed by atoms with Crippen LogP contribution in [0.3, 0.4) is 0 Å². The third-order valence-corrected chi connectivity index (χ3v) is 3.61. The van der Waals surface area contributed by atoms with Crippen LogP contribution in [0.4, 0.5) is 4.39 Å². The quantitative estimate of drug-likeness (QED) is 0.916. The molecule has 17 heavy (non-hydrogen) atoms. The molecule has 0 aliphatic heterocycles. The van der Waals surface area contributed by atoms with Gasteiger partial charge >= 0.3 is 0 Å². The van der Waals surface area contributed by atoms with Crippen LogP contribution < -0.4 is 5.32 Å². The molecule has 0 fully saturated rings. The largest absolute Gasteiger partial charge is 0.312 e. The fourth-order valence-corrected chi connectivity index (χ4v) is 2.46. The molecule has 0 saturated carbocycles. The molecule has 5 heteroatoms. The lowest BCUT2D eigenvalue weighted by atomic mass is 10.2. The van der Waals surface area contributed by atoms with E-state index in [4.69, 9.17) is 11.6 Å². The third kappa shape index (κ3) is 3.03. The Balaban J connectivity index is 2.21. The number of nitrogens with one attached hydrogen (secondary N) is 1. The minimum atomic E-state index is -0.403. The molecule has 0 spiro atoms. The van der Waals surface area contributed by atoms with Crippen molar-refractivity contribution in [2.24, 2.45) is 0 Å². The van der Waals surface area contributed by atoms with Crippen molar-refractivity contribution in [1.29, 1.82) is 0 Å². The summed E-state index contributed by atoms with van der Waals surface area (Å²) in [5.41, 5.74) is 0.851. The first kappa shape index (κ1) is 12.5. The fraction of sp³-hybridized carbons (Fsp3) is 0.250. The van der Waals surface area contributed by atoms with Gasteiger partial charge < -0.3 is 5.32 Å². The minimum absolute atomic E-state index is 0.130. The van der Waals surface area contributed by atoms with E-state index in [-0.39, 0.29) is 5.02 Å². The summed E-state index contributed by atoms with van der Waals surface area (Å²) in [6.45, 7) is 3.79. The van der Waals surface area contributed by atoms with Crippen molar-refractivity contribution in [3.8, 4) is 10.6 Å². The molecule has 0 atom stereocenters. The summed E-state index contributed by atoms with van der Waals surface area (Å²) in [5.74, 6) is -0.403. The number of hydrogen-bond acceptors (Lipinski definition) is 3. The van der Waals surface area contributed by atoms with Crippen LogP contribution in [-0.2, 0) is 6.54 Å². The van der Waals surface area contributed by atoms with E-state index in [0.717, 1.165) is 28.5 Å². The van der Waals surface area contributed by atoms with Crippen molar-refractivity contribution in [2.45, 2.75) is 13.5 Å². The zero-order chi connectivity index (χ0) is 12.3. The zero-order valence-electron chi connectivity index (χ0n) is 9.34. The topological polar surface area (TPSA) is 24.9 Å². The monoisotopic (exact) mass is 270 g/mol. The molecule has 1 aromatic heterocycles. The first-order chi connectivity index (χ1) is 8.20. The van der Waals surface area contributed by atoms with Crippen molar-refractivity contribution in [3.63, 3.8) is 0 Å². The van der Waals surface area contributed by atoms with Gasteiger partial charge in [0.25, 0.3) is 0 Å². The summed E-state index contributed by atoms with van der Waals surface area (Å²) >= 11 is 7.33. The van der Waals surface area contributed by atoms with Crippen LogP contribution >= 0.6 is 22.9 Å². The third-order valence-electron chi connectivity index (χ3n) is 2.27. The van der Waals surface area contributed by atoms with Gasteiger partial charge in [-0.3, -0.25) is 0 Å². The summed E-state index contributed by atoms with van der Waals surface area (Å²) in [6.07, 6.45) is 1.83. The molecule has 1 aromatic carbocycles. The predicted molar refractivity (Wildman–Crippen MR) is 69.9 cm³/mol. The highest BCUT2D eigenvalue weighted by Crippen LogP contribution is 2.28. The highest BCUT2D eigenvalue weighted by Gasteiger charge is 2.07. The molecule has 1 heterocycles. The van der Waals surface area contributed by atoms with Gasteiger partial charge in [0.05, 0.1) is 5.02 Å². The minimum Gasteiger partial charge on any atom is -0.312 e. The van der Waals surface area contributed by atoms with Crippen molar-refractivity contribution < 1.29 is 4.39 Å². The van der Waals surface area contributed by atoms with Gasteiger partial charge in [0.2, 0.25) is 0 Å². The lowest BCUT2D eigenvalue weighted by molar-refractivity contribution is 0.628. The number of hydrogen-bond donors (Lipinski definition) is 1. The molecule has 0 unspecified atom stereocenters. The van der Waals surface area contributed by atoms with Gasteiger partial charge in [-0.1, -0.05) is 18.5 Å². The number of rotatable bonds is 4. The first-order valence-corrected chi connectivity index (χ1v) is 6.51. The molecule has 90 valence electrons. The summed E-state index contributed by atoms with van der Waals surface area (Å²) < 4.78 is 13.0. The summed E-state index contributed by atoms with van der Waals surface area (Å²) in [7, 11) is 0. The molecule has 0 saturated heterocycles. The smallest absolute Gasteiger partial charge is 0.141 e. The average Bonchev–Trinajstić information content (AvgIpc) is 2.79. The number of thiazole rings is 1. The molecule has 0 radical (unpaired) electrons. The standard InChI is InChI=1S/C12H12ClFN2S/c1-2-15-6-9-7-16-12(17-9)8-3-4-11(14)10(13)5-8/h3-5,7,15H,2,6H2,1H3. The normalized spacial score (nSPS) is 10.8. The molecule has 0 aliphatic rings. The Morgan fingerprint density at radius 2 is 2.29 bits per heavy atom. The molecular formula is C12H12ClFN2S. The van der Waals surface area contributed by atoms with Crippen molar-refractivity contribution >= 4 is 22.9 Å². The van der Waals surface area contributed by atoms with Gasteiger partial charge in [-0.15, -0.1) is 11.3 Å². The van der Waals surface area contributed by atoms with Gasteiger partial charge in [-0.2, -0.15) is 0 Å². The van der Waals surface area contributed by atoms with Crippen molar-refractivity contribution in [2.75, 3.05) is 6.54 Å². The maximum atomic E-state index is 13.0. The molecule has 0 bridgehead atoms. The lowest BCUT2D eigenvalue weighted by Crippen LogP contribution is -2.10. The Morgan fingerprint density at radius 3 is 3.00 bits per heavy atom. The van der Waals surface area contributed by atoms with Crippen LogP contribution in [0.25, 0.3) is 10.6 Å². The van der Waals surface area contributed by atoms with E-state index >= 15 is 0 Å². The van der Waals surface area contributed by atoms with Gasteiger partial charge in [0, 0.05) is 23.2 Å². The molecule has 0 amide bonds. The summed E-state index contributed by atoms with van der Waals surface area (Å²) in [5, 5.41) is 4.23. The Hall–Kier alpha value is -0.970. The number of aromatic nitrogens is 1. The highest BCUT2D eigenvalue weighted by atomic mass is 35.5. The second kappa shape index (κ2) is 5.58. The molecular weight excluding hydrogens is 259 g/mol. The van der Waals surface area contributed by atoms with Gasteiger partial charge in [-0.25, -0.2) is 9.37 Å². The van der Waals surface area contributed by atoms with E-state index in [1.54, 1.807) is 23.5 Å². The first-order valence-electron chi connectivity index (χ1n) is 5.31. The van der Waals surface area contributed by atoms with Crippen LogP contribution in [0.15, 0.2) is 24.4 Å². The van der Waals surface area contributed by atoms with Crippen molar-refractivity contribution in [1.82, 2.24) is 10.3 Å². The van der Waals surface area contributed by atoms with Crippen LogP contribution in [-0.4, -0.2) is 11.5 Å². The maximum Gasteiger partial charge on any atom is 0.141 e. The molecule has 2 aromatic rings. The fourth-order valence-electron chi connectivity index (χ4n) is 1.40. The van der Waals surface area contributed by atoms with E-state index in [0.29, 0.717) is 0 Å². The van der Waals surface area contributed by atoms with E-state index in [2.05, 4.69) is 17.2 Å². The average molecular weight is 271 g/mol. The van der Waals surface area contributed by atoms with E-state index in [1.165, 1.54) is 6.07 Å². The van der Waals surface area contributed by atoms with E-state index in [9.17, 15) is 4.39 Å². The molecule has 0 aliphatic carbocycles. The SMILES string of the molecule is CCNCc1cnc(-c2ccc(F)c(Cl)c2)s1. The number of benzene rings is 1. The van der Waals surface area contributed by atoms with Gasteiger partial charge in [-0.05, 0) is 24.7 Å². The summed E-state index contributed by atoms with van der Waals surface area (Å²) in [4.78, 5) is 5.46. The number of nitrogens with zero attached hydrogens (tertiary/aromatic N) is 1. The Kier molecular flexibility index (Phi) is 4.10. The van der Waals surface area contributed by atoms with Crippen LogP contribution in [0.2, 0.25) is 5.02 Å². The predicted octanol–water partition coefficient (Wildman–Crippen LogP) is 3.71. The lowest BCUT2D eigenvalue weighted by Gasteiger charge is -1.98. The molecule has 2 nitrogen and oxygen atoms in total. The van der Waals surface area contributed by atoms with Crippen LogP contribution in [0, 0.1) is 5.82 Å². The Morgan fingerprint density at radius 1 is 1.47 bits per heavy atom. The zero-order valence-corrected chi connectivity index (χ0v) is 10.9. The van der Waals surface area contributed by atoms with E-state index in [1.807, 2.05) is 6.20 Å². The molecule has 1 N–H and O–H groups in total. The second-order valence-corrected chi connectivity index (χ2v) is 5.06. The Labute approximate surface area is 108 Å². The van der Waals surface area contributed by atoms with Crippen LogP contribution in [0.5, 0.6) is 0 Å². The highest BCUT2D eigenvalue weighted by molar-refractivity contribution is 7.15. The second-order valence-electron chi connectivity index (χ2n) is 3.54. The number of halogens is 2. The van der Waals surface area contributed by atoms with Crippen LogP contribution in [0.1, 0.15) is 11.8 Å². The molecule has 2 rings (SSSR count).